The molecule has 2 N–H and O–H groups in total. The van der Waals surface area contributed by atoms with Crippen LogP contribution in [0.3, 0.4) is 0 Å². The van der Waals surface area contributed by atoms with Crippen LogP contribution >= 0.6 is 0 Å². The molecule has 1 atom stereocenters. The Balaban J connectivity index is 2.26. The third-order valence-corrected chi connectivity index (χ3v) is 3.12. The van der Waals surface area contributed by atoms with E-state index in [0.29, 0.717) is 12.0 Å². The van der Waals surface area contributed by atoms with Gasteiger partial charge in [-0.25, -0.2) is 0 Å². The zero-order chi connectivity index (χ0) is 15.0. The molecule has 112 valence electrons. The molecular weight excluding hydrogens is 260 g/mol. The minimum Gasteiger partial charge on any atom is -0.385 e. The standard InChI is InChI=1S/C14H22N2O4/c1-11-10-12(7-8-13(11)16(18)19)15-9-5-3-4-6-14(17)20-2/h7-8,10,14-15,17H,3-6,9H2,1-2H3. The average Bonchev–Trinajstić information content (AvgIpc) is 2.42. The maximum Gasteiger partial charge on any atom is 0.272 e. The van der Waals surface area contributed by atoms with E-state index in [1.165, 1.54) is 13.2 Å². The van der Waals surface area contributed by atoms with E-state index in [4.69, 9.17) is 4.74 Å². The van der Waals surface area contributed by atoms with Crippen LogP contribution in [0.1, 0.15) is 31.2 Å². The van der Waals surface area contributed by atoms with Crippen LogP contribution in [0, 0.1) is 17.0 Å². The van der Waals surface area contributed by atoms with Crippen LogP contribution in [0.4, 0.5) is 11.4 Å². The number of nitrogens with zero attached hydrogens (tertiary/aromatic N) is 1. The molecule has 6 heteroatoms. The lowest BCUT2D eigenvalue weighted by atomic mass is 10.1. The summed E-state index contributed by atoms with van der Waals surface area (Å²) in [7, 11) is 1.49. The number of anilines is 1. The van der Waals surface area contributed by atoms with Crippen molar-refractivity contribution in [2.45, 2.75) is 38.9 Å². The molecule has 0 saturated carbocycles. The van der Waals surface area contributed by atoms with Crippen molar-refractivity contribution in [2.24, 2.45) is 0 Å². The summed E-state index contributed by atoms with van der Waals surface area (Å²) in [5.74, 6) is 0. The van der Waals surface area contributed by atoms with Crippen LogP contribution in [-0.4, -0.2) is 30.0 Å². The summed E-state index contributed by atoms with van der Waals surface area (Å²) in [6.45, 7) is 2.54. The smallest absolute Gasteiger partial charge is 0.272 e. The number of benzene rings is 1. The number of unbranched alkanes of at least 4 members (excludes halogenated alkanes) is 2. The number of methoxy groups -OCH3 is 1. The highest BCUT2D eigenvalue weighted by Gasteiger charge is 2.09. The van der Waals surface area contributed by atoms with Gasteiger partial charge in [0.15, 0.2) is 6.29 Å². The van der Waals surface area contributed by atoms with Gasteiger partial charge in [-0.05, 0) is 38.3 Å². The lowest BCUT2D eigenvalue weighted by Gasteiger charge is -2.09. The van der Waals surface area contributed by atoms with Crippen molar-refractivity contribution in [1.82, 2.24) is 0 Å². The first-order valence-corrected chi connectivity index (χ1v) is 6.74. The van der Waals surface area contributed by atoms with E-state index in [1.807, 2.05) is 0 Å². The Morgan fingerprint density at radius 1 is 1.40 bits per heavy atom. The van der Waals surface area contributed by atoms with Gasteiger partial charge >= 0.3 is 0 Å². The first kappa shape index (κ1) is 16.4. The van der Waals surface area contributed by atoms with Crippen LogP contribution in [0.25, 0.3) is 0 Å². The molecule has 0 saturated heterocycles. The van der Waals surface area contributed by atoms with Crippen molar-refractivity contribution >= 4 is 11.4 Å². The summed E-state index contributed by atoms with van der Waals surface area (Å²) in [5, 5.41) is 23.1. The Morgan fingerprint density at radius 2 is 2.15 bits per heavy atom. The van der Waals surface area contributed by atoms with Crippen LogP contribution in [0.5, 0.6) is 0 Å². The number of nitro groups is 1. The van der Waals surface area contributed by atoms with Gasteiger partial charge in [-0.2, -0.15) is 0 Å². The Morgan fingerprint density at radius 3 is 2.75 bits per heavy atom. The largest absolute Gasteiger partial charge is 0.385 e. The molecule has 0 amide bonds. The number of ether oxygens (including phenoxy) is 1. The van der Waals surface area contributed by atoms with Gasteiger partial charge in [0.25, 0.3) is 5.69 Å². The summed E-state index contributed by atoms with van der Waals surface area (Å²) in [4.78, 5) is 10.3. The van der Waals surface area contributed by atoms with Crippen LogP contribution in [-0.2, 0) is 4.74 Å². The summed E-state index contributed by atoms with van der Waals surface area (Å²) in [5.41, 5.74) is 1.69. The molecular formula is C14H22N2O4. The van der Waals surface area contributed by atoms with Crippen molar-refractivity contribution in [3.8, 4) is 0 Å². The summed E-state index contributed by atoms with van der Waals surface area (Å²) < 4.78 is 4.75. The molecule has 1 aromatic rings. The number of nitrogens with one attached hydrogen (secondary N) is 1. The number of rotatable bonds is 9. The van der Waals surface area contributed by atoms with E-state index in [1.54, 1.807) is 19.1 Å². The zero-order valence-electron chi connectivity index (χ0n) is 12.0. The second kappa shape index (κ2) is 8.50. The van der Waals surface area contributed by atoms with Gasteiger partial charge in [0.2, 0.25) is 0 Å². The van der Waals surface area contributed by atoms with E-state index in [-0.39, 0.29) is 10.6 Å². The van der Waals surface area contributed by atoms with Crippen molar-refractivity contribution in [2.75, 3.05) is 19.0 Å². The Hall–Kier alpha value is -1.66. The number of aliphatic hydroxyl groups excluding tert-OH is 1. The highest BCUT2D eigenvalue weighted by molar-refractivity contribution is 5.53. The average molecular weight is 282 g/mol. The van der Waals surface area contributed by atoms with Crippen molar-refractivity contribution in [3.63, 3.8) is 0 Å². The quantitative estimate of drug-likeness (QED) is 0.315. The second-order valence-electron chi connectivity index (χ2n) is 4.72. The monoisotopic (exact) mass is 282 g/mol. The molecule has 0 bridgehead atoms. The summed E-state index contributed by atoms with van der Waals surface area (Å²) in [6, 6.07) is 5.03. The third kappa shape index (κ3) is 5.54. The first-order chi connectivity index (χ1) is 9.54. The summed E-state index contributed by atoms with van der Waals surface area (Å²) >= 11 is 0. The van der Waals surface area contributed by atoms with Gasteiger partial charge in [-0.1, -0.05) is 6.42 Å². The second-order valence-corrected chi connectivity index (χ2v) is 4.72. The molecule has 0 heterocycles. The predicted octanol–water partition coefficient (Wildman–Crippen LogP) is 2.84. The first-order valence-electron chi connectivity index (χ1n) is 6.74. The lowest BCUT2D eigenvalue weighted by Crippen LogP contribution is -2.08. The van der Waals surface area contributed by atoms with Crippen molar-refractivity contribution in [3.05, 3.63) is 33.9 Å². The fourth-order valence-electron chi connectivity index (χ4n) is 1.94. The number of aryl methyl sites for hydroxylation is 1. The number of aliphatic hydroxyl groups is 1. The minimum absolute atomic E-state index is 0.143. The molecule has 20 heavy (non-hydrogen) atoms. The molecule has 0 radical (unpaired) electrons. The highest BCUT2D eigenvalue weighted by atomic mass is 16.6. The normalized spacial score (nSPS) is 12.2. The van der Waals surface area contributed by atoms with Crippen LogP contribution < -0.4 is 5.32 Å². The molecule has 1 unspecified atom stereocenters. The van der Waals surface area contributed by atoms with E-state index < -0.39 is 6.29 Å². The van der Waals surface area contributed by atoms with Gasteiger partial charge in [-0.15, -0.1) is 0 Å². The van der Waals surface area contributed by atoms with E-state index >= 15 is 0 Å². The molecule has 0 spiro atoms. The minimum atomic E-state index is -0.666. The van der Waals surface area contributed by atoms with Gasteiger partial charge in [0.05, 0.1) is 4.92 Å². The fraction of sp³-hybridized carbons (Fsp3) is 0.571. The number of hydrogen-bond acceptors (Lipinski definition) is 5. The highest BCUT2D eigenvalue weighted by Crippen LogP contribution is 2.21. The topological polar surface area (TPSA) is 84.6 Å². The van der Waals surface area contributed by atoms with E-state index in [9.17, 15) is 15.2 Å². The van der Waals surface area contributed by atoms with E-state index in [2.05, 4.69) is 5.32 Å². The Kier molecular flexibility index (Phi) is 6.97. The Bertz CT molecular complexity index is 437. The lowest BCUT2D eigenvalue weighted by molar-refractivity contribution is -0.385. The number of hydrogen-bond donors (Lipinski definition) is 2. The molecule has 0 aliphatic rings. The fourth-order valence-corrected chi connectivity index (χ4v) is 1.94. The van der Waals surface area contributed by atoms with Crippen molar-refractivity contribution in [1.29, 1.82) is 0 Å². The summed E-state index contributed by atoms with van der Waals surface area (Å²) in [6.07, 6.45) is 2.87. The molecule has 0 aliphatic heterocycles. The number of nitro benzene ring substituents is 1. The molecule has 0 fully saturated rings. The molecule has 0 aromatic heterocycles. The van der Waals surface area contributed by atoms with E-state index in [0.717, 1.165) is 31.5 Å². The molecule has 6 nitrogen and oxygen atoms in total. The van der Waals surface area contributed by atoms with Gasteiger partial charge < -0.3 is 15.2 Å². The maximum atomic E-state index is 10.7. The third-order valence-electron chi connectivity index (χ3n) is 3.12. The predicted molar refractivity (Wildman–Crippen MR) is 77.8 cm³/mol. The SMILES string of the molecule is COC(O)CCCCCNc1ccc([N+](=O)[O-])c(C)c1. The van der Waals surface area contributed by atoms with Crippen LogP contribution in [0.2, 0.25) is 0 Å². The van der Waals surface area contributed by atoms with Gasteiger partial charge in [0.1, 0.15) is 0 Å². The van der Waals surface area contributed by atoms with Gasteiger partial charge in [-0.3, -0.25) is 10.1 Å². The molecule has 1 rings (SSSR count). The zero-order valence-corrected chi connectivity index (χ0v) is 12.0. The maximum absolute atomic E-state index is 10.7. The van der Waals surface area contributed by atoms with Gasteiger partial charge in [0, 0.05) is 31.0 Å². The molecule has 0 aliphatic carbocycles. The van der Waals surface area contributed by atoms with Crippen LogP contribution in [0.15, 0.2) is 18.2 Å². The Labute approximate surface area is 118 Å². The molecule has 1 aromatic carbocycles. The van der Waals surface area contributed by atoms with Crippen molar-refractivity contribution < 1.29 is 14.8 Å².